The third-order valence-electron chi connectivity index (χ3n) is 4.82. The Kier molecular flexibility index (Phi) is 4.18. The van der Waals surface area contributed by atoms with Gasteiger partial charge in [-0.15, -0.1) is 12.4 Å². The lowest BCUT2D eigenvalue weighted by molar-refractivity contribution is 0.326. The second-order valence-electron chi connectivity index (χ2n) is 6.04. The molecule has 1 unspecified atom stereocenters. The van der Waals surface area contributed by atoms with Gasteiger partial charge in [0.2, 0.25) is 0 Å². The Labute approximate surface area is 142 Å². The van der Waals surface area contributed by atoms with Crippen molar-refractivity contribution in [3.63, 3.8) is 0 Å². The zero-order chi connectivity index (χ0) is 15.1. The highest BCUT2D eigenvalue weighted by Crippen LogP contribution is 2.38. The van der Waals surface area contributed by atoms with Crippen molar-refractivity contribution < 1.29 is 0 Å². The zero-order valence-electron chi connectivity index (χ0n) is 12.9. The number of benzene rings is 2. The fourth-order valence-corrected chi connectivity index (χ4v) is 3.72. The number of anilines is 1. The molecule has 2 aromatic carbocycles. The van der Waals surface area contributed by atoms with Crippen LogP contribution in [0.25, 0.3) is 0 Å². The molecule has 0 saturated carbocycles. The normalized spacial score (nSPS) is 18.9. The molecule has 4 nitrogen and oxygen atoms in total. The molecule has 0 amide bonds. The van der Waals surface area contributed by atoms with Crippen LogP contribution >= 0.6 is 12.4 Å². The first-order chi connectivity index (χ1) is 10.7. The van der Waals surface area contributed by atoms with Crippen LogP contribution in [0.1, 0.15) is 22.7 Å². The number of fused-ring (bicyclic) bond motifs is 5. The fraction of sp³-hybridized carbons (Fsp3) is 0.278. The first-order valence-electron chi connectivity index (χ1n) is 7.75. The predicted molar refractivity (Wildman–Crippen MR) is 96.5 cm³/mol. The topological polar surface area (TPSA) is 56.4 Å². The largest absolute Gasteiger partial charge is 0.370 e. The standard InChI is InChI=1S/C18H20N4.ClH/c19-18(20)21-9-10-22-16-8-4-2-6-14(16)11-13-5-1-3-7-15(13)17(22)12-21;/h1-8,17H,9-12H2,(H3,19,20);1H. The number of nitrogens with one attached hydrogen (secondary N) is 1. The average Bonchev–Trinajstić information content (AvgIpc) is 2.69. The number of hydrogen-bond donors (Lipinski definition) is 2. The second kappa shape index (κ2) is 6.13. The molecule has 0 bridgehead atoms. The Bertz CT molecular complexity index is 730. The highest BCUT2D eigenvalue weighted by molar-refractivity contribution is 5.85. The molecule has 2 aliphatic heterocycles. The van der Waals surface area contributed by atoms with Gasteiger partial charge in [0, 0.05) is 25.3 Å². The Morgan fingerprint density at radius 1 is 1.00 bits per heavy atom. The SMILES string of the molecule is Cl.N=C(N)N1CCN2c3ccccc3Cc3ccccc3C2C1. The van der Waals surface area contributed by atoms with Crippen LogP contribution in [-0.4, -0.2) is 30.5 Å². The Hall–Kier alpha value is -2.20. The van der Waals surface area contributed by atoms with Gasteiger partial charge in [-0.25, -0.2) is 0 Å². The van der Waals surface area contributed by atoms with Gasteiger partial charge in [0.05, 0.1) is 6.04 Å². The van der Waals surface area contributed by atoms with Gasteiger partial charge < -0.3 is 15.5 Å². The molecule has 2 heterocycles. The molecule has 2 aromatic rings. The Morgan fingerprint density at radius 3 is 2.48 bits per heavy atom. The summed E-state index contributed by atoms with van der Waals surface area (Å²) in [5, 5.41) is 7.76. The van der Waals surface area contributed by atoms with Gasteiger partial charge in [-0.2, -0.15) is 0 Å². The van der Waals surface area contributed by atoms with E-state index in [2.05, 4.69) is 53.4 Å². The molecule has 0 aromatic heterocycles. The average molecular weight is 329 g/mol. The van der Waals surface area contributed by atoms with Crippen molar-refractivity contribution in [3.05, 3.63) is 65.2 Å². The van der Waals surface area contributed by atoms with Crippen LogP contribution in [0.3, 0.4) is 0 Å². The number of nitrogens with two attached hydrogens (primary N) is 1. The molecule has 3 N–H and O–H groups in total. The number of nitrogens with zero attached hydrogens (tertiary/aromatic N) is 2. The maximum Gasteiger partial charge on any atom is 0.188 e. The van der Waals surface area contributed by atoms with Crippen LogP contribution < -0.4 is 10.6 Å². The Balaban J connectivity index is 0.00000156. The van der Waals surface area contributed by atoms with Crippen LogP contribution in [0.15, 0.2) is 48.5 Å². The highest BCUT2D eigenvalue weighted by Gasteiger charge is 2.33. The van der Waals surface area contributed by atoms with Crippen molar-refractivity contribution in [1.29, 1.82) is 5.41 Å². The second-order valence-corrected chi connectivity index (χ2v) is 6.04. The van der Waals surface area contributed by atoms with Gasteiger partial charge in [0.15, 0.2) is 5.96 Å². The molecule has 1 fully saturated rings. The summed E-state index contributed by atoms with van der Waals surface area (Å²) in [7, 11) is 0. The van der Waals surface area contributed by atoms with E-state index in [4.69, 9.17) is 11.1 Å². The number of halogens is 1. The number of guanidine groups is 1. The van der Waals surface area contributed by atoms with E-state index >= 15 is 0 Å². The van der Waals surface area contributed by atoms with E-state index in [1.807, 2.05) is 4.90 Å². The molecule has 120 valence electrons. The van der Waals surface area contributed by atoms with E-state index in [0.29, 0.717) is 0 Å². The molecule has 4 rings (SSSR count). The number of hydrogen-bond acceptors (Lipinski definition) is 2. The van der Waals surface area contributed by atoms with Crippen molar-refractivity contribution in [1.82, 2.24) is 4.90 Å². The lowest BCUT2D eigenvalue weighted by Crippen LogP contribution is -2.52. The summed E-state index contributed by atoms with van der Waals surface area (Å²) >= 11 is 0. The smallest absolute Gasteiger partial charge is 0.188 e. The van der Waals surface area contributed by atoms with Crippen molar-refractivity contribution in [2.45, 2.75) is 12.5 Å². The van der Waals surface area contributed by atoms with Crippen LogP contribution in [0.2, 0.25) is 0 Å². The molecule has 1 atom stereocenters. The number of para-hydroxylation sites is 1. The van der Waals surface area contributed by atoms with Gasteiger partial charge in [-0.3, -0.25) is 5.41 Å². The molecule has 0 radical (unpaired) electrons. The summed E-state index contributed by atoms with van der Waals surface area (Å²) in [5.41, 5.74) is 11.2. The quantitative estimate of drug-likeness (QED) is 0.577. The van der Waals surface area contributed by atoms with Crippen LogP contribution in [0.5, 0.6) is 0 Å². The molecule has 0 aliphatic carbocycles. The lowest BCUT2D eigenvalue weighted by atomic mass is 9.96. The van der Waals surface area contributed by atoms with E-state index in [1.54, 1.807) is 0 Å². The first kappa shape index (κ1) is 15.7. The molecule has 23 heavy (non-hydrogen) atoms. The van der Waals surface area contributed by atoms with E-state index in [-0.39, 0.29) is 24.4 Å². The van der Waals surface area contributed by atoms with Crippen LogP contribution in [-0.2, 0) is 6.42 Å². The van der Waals surface area contributed by atoms with Crippen molar-refractivity contribution >= 4 is 24.1 Å². The van der Waals surface area contributed by atoms with E-state index in [9.17, 15) is 0 Å². The lowest BCUT2D eigenvalue weighted by Gasteiger charge is -2.43. The van der Waals surface area contributed by atoms with E-state index < -0.39 is 0 Å². The maximum absolute atomic E-state index is 7.76. The third-order valence-corrected chi connectivity index (χ3v) is 4.82. The Morgan fingerprint density at radius 2 is 1.70 bits per heavy atom. The molecule has 1 saturated heterocycles. The van der Waals surface area contributed by atoms with Gasteiger partial charge in [-0.1, -0.05) is 42.5 Å². The minimum Gasteiger partial charge on any atom is -0.370 e. The van der Waals surface area contributed by atoms with Gasteiger partial charge in [-0.05, 0) is 29.2 Å². The predicted octanol–water partition coefficient (Wildman–Crippen LogP) is 2.77. The van der Waals surface area contributed by atoms with Crippen LogP contribution in [0, 0.1) is 5.41 Å². The monoisotopic (exact) mass is 328 g/mol. The highest BCUT2D eigenvalue weighted by atomic mass is 35.5. The number of piperazine rings is 1. The van der Waals surface area contributed by atoms with Gasteiger partial charge in [0.25, 0.3) is 0 Å². The third kappa shape index (κ3) is 2.63. The summed E-state index contributed by atoms with van der Waals surface area (Å²) in [6.07, 6.45) is 0.972. The summed E-state index contributed by atoms with van der Waals surface area (Å²) in [4.78, 5) is 4.46. The summed E-state index contributed by atoms with van der Waals surface area (Å²) in [6.45, 7) is 2.48. The zero-order valence-corrected chi connectivity index (χ0v) is 13.7. The van der Waals surface area contributed by atoms with Gasteiger partial charge >= 0.3 is 0 Å². The molecular weight excluding hydrogens is 308 g/mol. The van der Waals surface area contributed by atoms with E-state index in [1.165, 1.54) is 22.4 Å². The van der Waals surface area contributed by atoms with Crippen molar-refractivity contribution in [3.8, 4) is 0 Å². The van der Waals surface area contributed by atoms with Crippen LogP contribution in [0.4, 0.5) is 5.69 Å². The molecular formula is C18H21ClN4. The fourth-order valence-electron chi connectivity index (χ4n) is 3.72. The minimum atomic E-state index is 0. The first-order valence-corrected chi connectivity index (χ1v) is 7.75. The summed E-state index contributed by atoms with van der Waals surface area (Å²) in [5.74, 6) is 0.176. The number of rotatable bonds is 0. The maximum atomic E-state index is 7.76. The molecule has 5 heteroatoms. The summed E-state index contributed by atoms with van der Waals surface area (Å²) in [6, 6.07) is 17.6. The minimum absolute atomic E-state index is 0. The van der Waals surface area contributed by atoms with Crippen molar-refractivity contribution in [2.75, 3.05) is 24.5 Å². The van der Waals surface area contributed by atoms with E-state index in [0.717, 1.165) is 26.1 Å². The molecule has 0 spiro atoms. The van der Waals surface area contributed by atoms with Crippen molar-refractivity contribution in [2.24, 2.45) is 5.73 Å². The van der Waals surface area contributed by atoms with Gasteiger partial charge in [0.1, 0.15) is 0 Å². The summed E-state index contributed by atoms with van der Waals surface area (Å²) < 4.78 is 0. The molecule has 2 aliphatic rings.